The summed E-state index contributed by atoms with van der Waals surface area (Å²) in [6.45, 7) is 1.36. The molecule has 0 saturated heterocycles. The number of nitrogens with zero attached hydrogens (tertiary/aromatic N) is 1. The van der Waals surface area contributed by atoms with Gasteiger partial charge in [0.05, 0.1) is 16.6 Å². The zero-order chi connectivity index (χ0) is 12.5. The van der Waals surface area contributed by atoms with Crippen molar-refractivity contribution in [2.24, 2.45) is 5.73 Å². The molecule has 94 valence electrons. The van der Waals surface area contributed by atoms with E-state index in [9.17, 15) is 0 Å². The summed E-state index contributed by atoms with van der Waals surface area (Å²) in [7, 11) is 4.17. The number of benzene rings is 1. The van der Waals surface area contributed by atoms with Crippen LogP contribution >= 0.6 is 15.9 Å². The van der Waals surface area contributed by atoms with Gasteiger partial charge < -0.3 is 10.5 Å². The predicted molar refractivity (Wildman–Crippen MR) is 73.3 cm³/mol. The van der Waals surface area contributed by atoms with Crippen molar-refractivity contribution in [2.45, 2.75) is 18.4 Å². The summed E-state index contributed by atoms with van der Waals surface area (Å²) >= 11 is 3.56. The van der Waals surface area contributed by atoms with Gasteiger partial charge in [-0.1, -0.05) is 12.1 Å². The Labute approximate surface area is 111 Å². The van der Waals surface area contributed by atoms with Gasteiger partial charge in [-0.05, 0) is 48.9 Å². The second-order valence-corrected chi connectivity index (χ2v) is 5.55. The van der Waals surface area contributed by atoms with Gasteiger partial charge in [-0.15, -0.1) is 0 Å². The van der Waals surface area contributed by atoms with E-state index in [1.807, 2.05) is 12.1 Å². The molecule has 17 heavy (non-hydrogen) atoms. The number of likely N-dealkylation sites (N-methyl/N-ethyl adjacent to an activating group) is 1. The lowest BCUT2D eigenvalue weighted by Crippen LogP contribution is -2.47. The van der Waals surface area contributed by atoms with Crippen molar-refractivity contribution in [3.63, 3.8) is 0 Å². The fraction of sp³-hybridized carbons (Fsp3) is 0.538. The highest BCUT2D eigenvalue weighted by Crippen LogP contribution is 2.42. The topological polar surface area (TPSA) is 38.5 Å². The van der Waals surface area contributed by atoms with Crippen LogP contribution in [0, 0.1) is 0 Å². The van der Waals surface area contributed by atoms with Crippen LogP contribution in [0.15, 0.2) is 22.7 Å². The molecule has 1 aromatic rings. The van der Waals surface area contributed by atoms with Gasteiger partial charge in [0.15, 0.2) is 0 Å². The van der Waals surface area contributed by atoms with Gasteiger partial charge in [-0.2, -0.15) is 0 Å². The Morgan fingerprint density at radius 1 is 1.47 bits per heavy atom. The van der Waals surface area contributed by atoms with Crippen LogP contribution in [-0.4, -0.2) is 32.1 Å². The van der Waals surface area contributed by atoms with Crippen LogP contribution in [0.5, 0.6) is 5.75 Å². The average Bonchev–Trinajstić information content (AvgIpc) is 2.50. The summed E-state index contributed by atoms with van der Waals surface area (Å²) in [5.41, 5.74) is 7.14. The molecule has 1 heterocycles. The monoisotopic (exact) mass is 298 g/mol. The van der Waals surface area contributed by atoms with Crippen molar-refractivity contribution in [1.82, 2.24) is 4.90 Å². The molecule has 1 unspecified atom stereocenters. The molecule has 1 aliphatic rings. The molecular formula is C13H19BrN2O. The second kappa shape index (κ2) is 4.96. The molecule has 1 atom stereocenters. The van der Waals surface area contributed by atoms with Gasteiger partial charge in [0.25, 0.3) is 0 Å². The average molecular weight is 299 g/mol. The van der Waals surface area contributed by atoms with Crippen molar-refractivity contribution in [2.75, 3.05) is 27.2 Å². The van der Waals surface area contributed by atoms with Crippen molar-refractivity contribution in [1.29, 1.82) is 0 Å². The Balaban J connectivity index is 2.60. The molecule has 0 radical (unpaired) electrons. The maximum atomic E-state index is 6.06. The largest absolute Gasteiger partial charge is 0.492 e. The van der Waals surface area contributed by atoms with Crippen LogP contribution in [-0.2, 0) is 5.54 Å². The minimum absolute atomic E-state index is 0.115. The fourth-order valence-corrected chi connectivity index (χ4v) is 3.04. The normalized spacial score (nSPS) is 24.1. The minimum atomic E-state index is -0.115. The highest BCUT2D eigenvalue weighted by atomic mass is 79.9. The lowest BCUT2D eigenvalue weighted by Gasteiger charge is -2.39. The van der Waals surface area contributed by atoms with Crippen LogP contribution in [0.3, 0.4) is 0 Å². The van der Waals surface area contributed by atoms with Gasteiger partial charge in [0, 0.05) is 12.1 Å². The zero-order valence-electron chi connectivity index (χ0n) is 10.4. The number of rotatable bonds is 2. The van der Waals surface area contributed by atoms with Crippen molar-refractivity contribution in [3.8, 4) is 5.75 Å². The first kappa shape index (κ1) is 12.9. The first-order valence-electron chi connectivity index (χ1n) is 5.91. The van der Waals surface area contributed by atoms with Crippen molar-refractivity contribution >= 4 is 15.9 Å². The lowest BCUT2D eigenvalue weighted by atomic mass is 9.84. The standard InChI is InChI=1S/C13H19BrN2O/c1-16(2)13(9-15)7-4-8-17-12-10(13)5-3-6-11(12)14/h3,5-6H,4,7-9,15H2,1-2H3. The van der Waals surface area contributed by atoms with Crippen LogP contribution in [0.1, 0.15) is 18.4 Å². The maximum absolute atomic E-state index is 6.06. The summed E-state index contributed by atoms with van der Waals surface area (Å²) in [5.74, 6) is 0.948. The Bertz CT molecular complexity index is 408. The Hall–Kier alpha value is -0.580. The fourth-order valence-electron chi connectivity index (χ4n) is 2.55. The molecular weight excluding hydrogens is 280 g/mol. The van der Waals surface area contributed by atoms with Crippen molar-refractivity contribution in [3.05, 3.63) is 28.2 Å². The minimum Gasteiger partial charge on any atom is -0.492 e. The van der Waals surface area contributed by atoms with Crippen LogP contribution in [0.4, 0.5) is 0 Å². The third-order valence-corrected chi connectivity index (χ3v) is 4.27. The summed E-state index contributed by atoms with van der Waals surface area (Å²) < 4.78 is 6.87. The number of ether oxygens (including phenoxy) is 1. The Kier molecular flexibility index (Phi) is 3.76. The molecule has 0 fully saturated rings. The summed E-state index contributed by atoms with van der Waals surface area (Å²) in [6.07, 6.45) is 2.05. The predicted octanol–water partition coefficient (Wildman–Crippen LogP) is 2.34. The maximum Gasteiger partial charge on any atom is 0.138 e. The van der Waals surface area contributed by atoms with Gasteiger partial charge in [-0.3, -0.25) is 4.90 Å². The number of hydrogen-bond donors (Lipinski definition) is 1. The van der Waals surface area contributed by atoms with E-state index in [0.29, 0.717) is 6.54 Å². The summed E-state index contributed by atoms with van der Waals surface area (Å²) in [4.78, 5) is 2.22. The molecule has 0 aliphatic carbocycles. The molecule has 0 amide bonds. The van der Waals surface area contributed by atoms with E-state index >= 15 is 0 Å². The molecule has 4 heteroatoms. The second-order valence-electron chi connectivity index (χ2n) is 4.70. The van der Waals surface area contributed by atoms with E-state index < -0.39 is 0 Å². The molecule has 3 nitrogen and oxygen atoms in total. The molecule has 0 saturated carbocycles. The third-order valence-electron chi connectivity index (χ3n) is 3.64. The van der Waals surface area contributed by atoms with Crippen LogP contribution < -0.4 is 10.5 Å². The number of para-hydroxylation sites is 1. The first-order valence-corrected chi connectivity index (χ1v) is 6.70. The lowest BCUT2D eigenvalue weighted by molar-refractivity contribution is 0.147. The number of hydrogen-bond acceptors (Lipinski definition) is 3. The summed E-state index contributed by atoms with van der Waals surface area (Å²) in [5, 5.41) is 0. The molecule has 0 bridgehead atoms. The van der Waals surface area contributed by atoms with E-state index in [4.69, 9.17) is 10.5 Å². The van der Waals surface area contributed by atoms with E-state index in [-0.39, 0.29) is 5.54 Å². The molecule has 0 spiro atoms. The van der Waals surface area contributed by atoms with E-state index in [1.54, 1.807) is 0 Å². The van der Waals surface area contributed by atoms with Gasteiger partial charge in [0.2, 0.25) is 0 Å². The van der Waals surface area contributed by atoms with Crippen LogP contribution in [0.25, 0.3) is 0 Å². The highest BCUT2D eigenvalue weighted by molar-refractivity contribution is 9.10. The van der Waals surface area contributed by atoms with E-state index in [0.717, 1.165) is 29.7 Å². The molecule has 2 rings (SSSR count). The Morgan fingerprint density at radius 3 is 2.88 bits per heavy atom. The van der Waals surface area contributed by atoms with E-state index in [1.165, 1.54) is 5.56 Å². The number of fused-ring (bicyclic) bond motifs is 1. The first-order chi connectivity index (χ1) is 8.12. The Morgan fingerprint density at radius 2 is 2.24 bits per heavy atom. The summed E-state index contributed by atoms with van der Waals surface area (Å²) in [6, 6.07) is 6.19. The molecule has 0 aromatic heterocycles. The highest BCUT2D eigenvalue weighted by Gasteiger charge is 2.37. The SMILES string of the molecule is CN(C)C1(CN)CCCOc2c(Br)cccc21. The van der Waals surface area contributed by atoms with Crippen LogP contribution in [0.2, 0.25) is 0 Å². The van der Waals surface area contributed by atoms with Crippen molar-refractivity contribution < 1.29 is 4.74 Å². The number of halogens is 1. The molecule has 2 N–H and O–H groups in total. The number of nitrogens with two attached hydrogens (primary N) is 1. The van der Waals surface area contributed by atoms with Gasteiger partial charge in [0.1, 0.15) is 5.75 Å². The molecule has 1 aromatic carbocycles. The zero-order valence-corrected chi connectivity index (χ0v) is 12.0. The smallest absolute Gasteiger partial charge is 0.138 e. The quantitative estimate of drug-likeness (QED) is 0.911. The third kappa shape index (κ3) is 2.09. The molecule has 1 aliphatic heterocycles. The van der Waals surface area contributed by atoms with Gasteiger partial charge in [-0.25, -0.2) is 0 Å². The van der Waals surface area contributed by atoms with Gasteiger partial charge >= 0.3 is 0 Å². The van der Waals surface area contributed by atoms with E-state index in [2.05, 4.69) is 41.0 Å².